The molecule has 3 amide bonds. The van der Waals surface area contributed by atoms with Crippen molar-refractivity contribution in [3.63, 3.8) is 0 Å². The van der Waals surface area contributed by atoms with E-state index in [0.717, 1.165) is 25.9 Å². The molecular weight excluding hydrogens is 258 g/mol. The summed E-state index contributed by atoms with van der Waals surface area (Å²) in [5.41, 5.74) is 4.93. The van der Waals surface area contributed by atoms with Crippen molar-refractivity contribution < 1.29 is 9.59 Å². The van der Waals surface area contributed by atoms with Crippen LogP contribution in [0, 0.1) is 0 Å². The number of hydrogen-bond donors (Lipinski definition) is 3. The van der Waals surface area contributed by atoms with E-state index in [2.05, 4.69) is 27.5 Å². The highest BCUT2D eigenvalue weighted by Gasteiger charge is 2.47. The maximum Gasteiger partial charge on any atom is 0.322 e. The zero-order valence-corrected chi connectivity index (χ0v) is 12.3. The lowest BCUT2D eigenvalue weighted by molar-refractivity contribution is -0.125. The Morgan fingerprint density at radius 1 is 1.25 bits per heavy atom. The van der Waals surface area contributed by atoms with Crippen molar-refractivity contribution in [2.24, 2.45) is 5.73 Å². The molecule has 0 aromatic heterocycles. The molecule has 1 spiro atoms. The summed E-state index contributed by atoms with van der Waals surface area (Å²) in [5, 5.41) is 4.99. The fraction of sp³-hybridized carbons (Fsp3) is 0.846. The quantitative estimate of drug-likeness (QED) is 0.493. The largest absolute Gasteiger partial charge is 0.326 e. The maximum atomic E-state index is 11.5. The summed E-state index contributed by atoms with van der Waals surface area (Å²) < 4.78 is 0. The van der Waals surface area contributed by atoms with Crippen LogP contribution in [0.15, 0.2) is 0 Å². The summed E-state index contributed by atoms with van der Waals surface area (Å²) in [6, 6.07) is 0.0882. The van der Waals surface area contributed by atoms with Gasteiger partial charge in [0.15, 0.2) is 0 Å². The van der Waals surface area contributed by atoms with Crippen LogP contribution in [-0.2, 0) is 4.79 Å². The molecule has 0 aromatic rings. The van der Waals surface area contributed by atoms with E-state index < -0.39 is 5.54 Å². The van der Waals surface area contributed by atoms with Crippen LogP contribution in [0.1, 0.15) is 19.3 Å². The number of carbonyl (C=O) groups is 2. The molecule has 0 aromatic carbocycles. The second-order valence-electron chi connectivity index (χ2n) is 6.14. The number of carbonyl (C=O) groups excluding carboxylic acids is 2. The predicted molar refractivity (Wildman–Crippen MR) is 76.2 cm³/mol. The zero-order valence-electron chi connectivity index (χ0n) is 12.3. The van der Waals surface area contributed by atoms with Gasteiger partial charge in [0.05, 0.1) is 0 Å². The normalized spacial score (nSPS) is 34.6. The highest BCUT2D eigenvalue weighted by atomic mass is 16.2. The van der Waals surface area contributed by atoms with Crippen LogP contribution >= 0.6 is 0 Å². The molecule has 7 heteroatoms. The van der Waals surface area contributed by atoms with E-state index in [1.807, 2.05) is 7.05 Å². The van der Waals surface area contributed by atoms with Crippen molar-refractivity contribution in [3.05, 3.63) is 0 Å². The second-order valence-corrected chi connectivity index (χ2v) is 6.14. The number of hydrogen-bond acceptors (Lipinski definition) is 5. The second kappa shape index (κ2) is 6.07. The molecule has 7 nitrogen and oxygen atoms in total. The van der Waals surface area contributed by atoms with Gasteiger partial charge in [-0.1, -0.05) is 0 Å². The van der Waals surface area contributed by atoms with Crippen LogP contribution in [0.5, 0.6) is 0 Å². The smallest absolute Gasteiger partial charge is 0.322 e. The number of likely N-dealkylation sites (N-methyl/N-ethyl adjacent to an activating group) is 2. The van der Waals surface area contributed by atoms with Crippen molar-refractivity contribution in [2.75, 3.05) is 40.3 Å². The van der Waals surface area contributed by atoms with Gasteiger partial charge in [-0.25, -0.2) is 4.79 Å². The Morgan fingerprint density at radius 2 is 2.00 bits per heavy atom. The summed E-state index contributed by atoms with van der Waals surface area (Å²) in [6.07, 6.45) is 2.87. The van der Waals surface area contributed by atoms with Gasteiger partial charge < -0.3 is 20.9 Å². The average molecular weight is 283 g/mol. The summed E-state index contributed by atoms with van der Waals surface area (Å²) in [7, 11) is 4.06. The third-order valence-corrected chi connectivity index (χ3v) is 4.13. The Morgan fingerprint density at radius 3 is 2.40 bits per heavy atom. The minimum Gasteiger partial charge on any atom is -0.326 e. The van der Waals surface area contributed by atoms with Crippen LogP contribution in [0.25, 0.3) is 0 Å². The molecule has 4 N–H and O–H groups in total. The van der Waals surface area contributed by atoms with Gasteiger partial charge in [0.1, 0.15) is 5.54 Å². The van der Waals surface area contributed by atoms with Gasteiger partial charge in [0, 0.05) is 19.1 Å². The van der Waals surface area contributed by atoms with Gasteiger partial charge in [-0.05, 0) is 46.4 Å². The summed E-state index contributed by atoms with van der Waals surface area (Å²) in [6.45, 7) is 3.87. The third-order valence-electron chi connectivity index (χ3n) is 4.13. The minimum absolute atomic E-state index is 0.177. The predicted octanol–water partition coefficient (Wildman–Crippen LogP) is -1.06. The maximum absolute atomic E-state index is 11.5. The van der Waals surface area contributed by atoms with E-state index >= 15 is 0 Å². The lowest BCUT2D eigenvalue weighted by atomic mass is 9.89. The first-order valence-corrected chi connectivity index (χ1v) is 7.17. The van der Waals surface area contributed by atoms with Crippen molar-refractivity contribution in [3.8, 4) is 0 Å². The Labute approximate surface area is 119 Å². The summed E-state index contributed by atoms with van der Waals surface area (Å²) in [5.74, 6) is -0.177. The summed E-state index contributed by atoms with van der Waals surface area (Å²) >= 11 is 0. The molecule has 3 rings (SSSR count). The number of amides is 3. The van der Waals surface area contributed by atoms with E-state index in [0.29, 0.717) is 12.6 Å². The lowest BCUT2D eigenvalue weighted by Crippen LogP contribution is -2.57. The molecule has 2 unspecified atom stereocenters. The fourth-order valence-electron chi connectivity index (χ4n) is 3.05. The molecule has 0 radical (unpaired) electrons. The topological polar surface area (TPSA) is 90.7 Å². The van der Waals surface area contributed by atoms with Crippen LogP contribution < -0.4 is 16.4 Å². The molecule has 2 atom stereocenters. The minimum atomic E-state index is -0.649. The SMILES string of the molecule is CN1CCC(N)C1.CN1CCCC2(C1)NC(=O)NC2=O. The van der Waals surface area contributed by atoms with E-state index in [9.17, 15) is 9.59 Å². The fourth-order valence-corrected chi connectivity index (χ4v) is 3.05. The molecule has 0 aliphatic carbocycles. The van der Waals surface area contributed by atoms with Gasteiger partial charge in [-0.15, -0.1) is 0 Å². The number of nitrogens with two attached hydrogens (primary N) is 1. The van der Waals surface area contributed by atoms with Crippen molar-refractivity contribution in [1.82, 2.24) is 20.4 Å². The number of nitrogens with one attached hydrogen (secondary N) is 2. The first kappa shape index (κ1) is 15.2. The number of nitrogens with zero attached hydrogens (tertiary/aromatic N) is 2. The first-order chi connectivity index (χ1) is 9.41. The van der Waals surface area contributed by atoms with Gasteiger partial charge in [-0.2, -0.15) is 0 Å². The van der Waals surface area contributed by atoms with Gasteiger partial charge in [-0.3, -0.25) is 10.1 Å². The number of likely N-dealkylation sites (tertiary alicyclic amines) is 2. The number of piperidine rings is 1. The highest BCUT2D eigenvalue weighted by Crippen LogP contribution is 2.23. The number of urea groups is 1. The van der Waals surface area contributed by atoms with Crippen LogP contribution in [-0.4, -0.2) is 73.6 Å². The van der Waals surface area contributed by atoms with Crippen molar-refractivity contribution >= 4 is 11.9 Å². The first-order valence-electron chi connectivity index (χ1n) is 7.17. The zero-order chi connectivity index (χ0) is 14.8. The van der Waals surface area contributed by atoms with Crippen LogP contribution in [0.3, 0.4) is 0 Å². The molecule has 3 saturated heterocycles. The van der Waals surface area contributed by atoms with Gasteiger partial charge >= 0.3 is 6.03 Å². The molecule has 0 bridgehead atoms. The van der Waals surface area contributed by atoms with E-state index in [4.69, 9.17) is 5.73 Å². The molecule has 3 aliphatic rings. The van der Waals surface area contributed by atoms with Crippen molar-refractivity contribution in [1.29, 1.82) is 0 Å². The molecule has 3 heterocycles. The Bertz CT molecular complexity index is 381. The molecule has 20 heavy (non-hydrogen) atoms. The Hall–Kier alpha value is -1.18. The monoisotopic (exact) mass is 283 g/mol. The highest BCUT2D eigenvalue weighted by molar-refractivity contribution is 6.07. The van der Waals surface area contributed by atoms with E-state index in [1.165, 1.54) is 13.0 Å². The standard InChI is InChI=1S/C8H13N3O2.C5H12N2/c1-11-4-2-3-8(5-11)6(12)9-7(13)10-8;1-7-3-2-5(6)4-7/h2-5H2,1H3,(H2,9,10,12,13);5H,2-4,6H2,1H3. The lowest BCUT2D eigenvalue weighted by Gasteiger charge is -2.35. The number of imide groups is 1. The van der Waals surface area contributed by atoms with Crippen LogP contribution in [0.4, 0.5) is 4.79 Å². The van der Waals surface area contributed by atoms with E-state index in [-0.39, 0.29) is 11.9 Å². The van der Waals surface area contributed by atoms with E-state index in [1.54, 1.807) is 0 Å². The average Bonchev–Trinajstić information content (AvgIpc) is 2.84. The summed E-state index contributed by atoms with van der Waals surface area (Å²) in [4.78, 5) is 26.8. The Kier molecular flexibility index (Phi) is 4.62. The van der Waals surface area contributed by atoms with Gasteiger partial charge in [0.25, 0.3) is 5.91 Å². The van der Waals surface area contributed by atoms with Gasteiger partial charge in [0.2, 0.25) is 0 Å². The van der Waals surface area contributed by atoms with Crippen LogP contribution in [0.2, 0.25) is 0 Å². The molecular formula is C13H25N5O2. The third kappa shape index (κ3) is 3.47. The van der Waals surface area contributed by atoms with Crippen molar-refractivity contribution in [2.45, 2.75) is 30.8 Å². The molecule has 0 saturated carbocycles. The number of rotatable bonds is 0. The Balaban J connectivity index is 0.000000178. The molecule has 3 aliphatic heterocycles. The molecule has 3 fully saturated rings. The molecule has 114 valence electrons.